The first-order valence-corrected chi connectivity index (χ1v) is 9.92. The summed E-state index contributed by atoms with van der Waals surface area (Å²) >= 11 is 0. The summed E-state index contributed by atoms with van der Waals surface area (Å²) in [6.07, 6.45) is 1.60. The Hall–Kier alpha value is -3.35. The topological polar surface area (TPSA) is 58.7 Å². The van der Waals surface area contributed by atoms with Crippen LogP contribution in [0.2, 0.25) is 0 Å². The maximum atomic E-state index is 14.0. The summed E-state index contributed by atoms with van der Waals surface area (Å²) in [6.45, 7) is 9.30. The minimum Gasteiger partial charge on any atom is -0.448 e. The quantitative estimate of drug-likeness (QED) is 0.614. The summed E-state index contributed by atoms with van der Waals surface area (Å²) < 4.78 is 21.4. The second kappa shape index (κ2) is 7.82. The molecule has 1 aliphatic heterocycles. The Morgan fingerprint density at radius 3 is 2.67 bits per heavy atom. The number of benzene rings is 1. The van der Waals surface area contributed by atoms with Gasteiger partial charge in [0.15, 0.2) is 0 Å². The molecule has 0 saturated carbocycles. The van der Waals surface area contributed by atoms with E-state index in [9.17, 15) is 14.0 Å². The minimum absolute atomic E-state index is 0.0554. The van der Waals surface area contributed by atoms with Gasteiger partial charge in [0.25, 0.3) is 11.8 Å². The molecule has 30 heavy (non-hydrogen) atoms. The van der Waals surface area contributed by atoms with Crippen LogP contribution in [0.1, 0.15) is 34.7 Å². The third-order valence-corrected chi connectivity index (χ3v) is 5.43. The molecule has 3 aromatic rings. The molecule has 1 unspecified atom stereocenters. The van der Waals surface area contributed by atoms with Crippen molar-refractivity contribution < 1.29 is 18.4 Å². The number of piperazine rings is 1. The van der Waals surface area contributed by atoms with Crippen molar-refractivity contribution in [2.24, 2.45) is 0 Å². The van der Waals surface area contributed by atoms with E-state index in [1.807, 2.05) is 30.5 Å². The van der Waals surface area contributed by atoms with Crippen molar-refractivity contribution in [3.8, 4) is 0 Å². The van der Waals surface area contributed by atoms with Gasteiger partial charge in [0.1, 0.15) is 11.5 Å². The molecule has 1 aliphatic rings. The summed E-state index contributed by atoms with van der Waals surface area (Å²) in [5.41, 5.74) is 2.14. The summed E-state index contributed by atoms with van der Waals surface area (Å²) in [4.78, 5) is 29.4. The molecule has 2 aromatic heterocycles. The van der Waals surface area contributed by atoms with Crippen LogP contribution in [0.5, 0.6) is 0 Å². The zero-order valence-electron chi connectivity index (χ0n) is 17.1. The molecule has 1 fully saturated rings. The fraction of sp³-hybridized carbons (Fsp3) is 0.304. The van der Waals surface area contributed by atoms with Gasteiger partial charge in [-0.1, -0.05) is 24.3 Å². The number of allylic oxidation sites excluding steroid dienone is 1. The molecule has 4 rings (SSSR count). The lowest BCUT2D eigenvalue weighted by Crippen LogP contribution is -2.55. The van der Waals surface area contributed by atoms with E-state index < -0.39 is 5.82 Å². The first-order chi connectivity index (χ1) is 14.4. The van der Waals surface area contributed by atoms with Crippen molar-refractivity contribution in [1.29, 1.82) is 0 Å². The standard InChI is InChI=1S/C23H24FN3O3/c1-15(2)13-27-20(12-17-8-11-30-23(17)27)22(29)25-9-10-26(16(3)14-25)21(28)18-6-4-5-7-19(18)24/h4-8,11-12,16H,1,9-10,13-14H2,2-3H3. The molecule has 0 aliphatic carbocycles. The number of halogens is 1. The molecule has 0 radical (unpaired) electrons. The van der Waals surface area contributed by atoms with Gasteiger partial charge in [-0.3, -0.25) is 9.59 Å². The van der Waals surface area contributed by atoms with Crippen molar-refractivity contribution in [3.05, 3.63) is 71.9 Å². The highest BCUT2D eigenvalue weighted by Gasteiger charge is 2.33. The Bertz CT molecular complexity index is 1130. The monoisotopic (exact) mass is 409 g/mol. The number of carbonyl (C=O) groups is 2. The summed E-state index contributed by atoms with van der Waals surface area (Å²) in [5, 5.41) is 0.862. The average Bonchev–Trinajstić information content (AvgIpc) is 3.29. The molecule has 2 amide bonds. The number of aromatic nitrogens is 1. The molecule has 1 atom stereocenters. The Morgan fingerprint density at radius 1 is 1.20 bits per heavy atom. The number of furan rings is 1. The lowest BCUT2D eigenvalue weighted by Gasteiger charge is -2.40. The lowest BCUT2D eigenvalue weighted by atomic mass is 10.1. The van der Waals surface area contributed by atoms with Gasteiger partial charge in [0.2, 0.25) is 5.71 Å². The zero-order chi connectivity index (χ0) is 21.4. The minimum atomic E-state index is -0.534. The highest BCUT2D eigenvalue weighted by molar-refractivity contribution is 5.98. The van der Waals surface area contributed by atoms with Gasteiger partial charge >= 0.3 is 0 Å². The van der Waals surface area contributed by atoms with Crippen molar-refractivity contribution in [2.45, 2.75) is 26.4 Å². The molecule has 6 nitrogen and oxygen atoms in total. The van der Waals surface area contributed by atoms with Crippen LogP contribution in [-0.2, 0) is 6.54 Å². The number of nitrogens with zero attached hydrogens (tertiary/aromatic N) is 3. The van der Waals surface area contributed by atoms with E-state index >= 15 is 0 Å². The number of amides is 2. The largest absolute Gasteiger partial charge is 0.448 e. The average molecular weight is 409 g/mol. The van der Waals surface area contributed by atoms with Crippen molar-refractivity contribution in [3.63, 3.8) is 0 Å². The Labute approximate surface area is 174 Å². The number of hydrogen-bond donors (Lipinski definition) is 0. The maximum absolute atomic E-state index is 14.0. The Morgan fingerprint density at radius 2 is 1.97 bits per heavy atom. The van der Waals surface area contributed by atoms with Crippen molar-refractivity contribution >= 4 is 22.9 Å². The van der Waals surface area contributed by atoms with Crippen LogP contribution >= 0.6 is 0 Å². The molecule has 156 valence electrons. The van der Waals surface area contributed by atoms with E-state index in [1.165, 1.54) is 12.1 Å². The summed E-state index contributed by atoms with van der Waals surface area (Å²) in [6, 6.07) is 9.39. The molecule has 3 heterocycles. The van der Waals surface area contributed by atoms with E-state index in [0.29, 0.717) is 37.6 Å². The SMILES string of the molecule is C=C(C)Cn1c(C(=O)N2CCN(C(=O)c3ccccc3F)C(C)C2)cc2ccoc21. The van der Waals surface area contributed by atoms with Crippen molar-refractivity contribution in [1.82, 2.24) is 14.4 Å². The fourth-order valence-electron chi connectivity index (χ4n) is 3.97. The van der Waals surface area contributed by atoms with E-state index in [4.69, 9.17) is 4.42 Å². The smallest absolute Gasteiger partial charge is 0.270 e. The number of hydrogen-bond acceptors (Lipinski definition) is 3. The van der Waals surface area contributed by atoms with E-state index in [-0.39, 0.29) is 23.4 Å². The van der Waals surface area contributed by atoms with Gasteiger partial charge in [-0.25, -0.2) is 4.39 Å². The van der Waals surface area contributed by atoms with Gasteiger partial charge in [-0.05, 0) is 38.1 Å². The van der Waals surface area contributed by atoms with Crippen LogP contribution in [0.25, 0.3) is 11.1 Å². The number of rotatable bonds is 4. The van der Waals surface area contributed by atoms with E-state index in [0.717, 1.165) is 11.0 Å². The molecule has 7 heteroatoms. The first-order valence-electron chi connectivity index (χ1n) is 9.92. The summed E-state index contributed by atoms with van der Waals surface area (Å²) in [7, 11) is 0. The Balaban J connectivity index is 1.54. The Kier molecular flexibility index (Phi) is 5.20. The van der Waals surface area contributed by atoms with Gasteiger partial charge in [-0.15, -0.1) is 0 Å². The second-order valence-electron chi connectivity index (χ2n) is 7.83. The molecule has 0 N–H and O–H groups in total. The number of fused-ring (bicyclic) bond motifs is 1. The summed E-state index contributed by atoms with van der Waals surface area (Å²) in [5.74, 6) is -1.00. The molecule has 1 aromatic carbocycles. The van der Waals surface area contributed by atoms with Gasteiger partial charge in [-0.2, -0.15) is 0 Å². The molecule has 0 spiro atoms. The fourth-order valence-corrected chi connectivity index (χ4v) is 3.97. The van der Waals surface area contributed by atoms with Crippen LogP contribution in [0.3, 0.4) is 0 Å². The molecular formula is C23H24FN3O3. The third kappa shape index (κ3) is 3.51. The predicted octanol–water partition coefficient (Wildman–Crippen LogP) is 3.94. The maximum Gasteiger partial charge on any atom is 0.270 e. The predicted molar refractivity (Wildman–Crippen MR) is 112 cm³/mol. The van der Waals surface area contributed by atoms with E-state index in [2.05, 4.69) is 6.58 Å². The molecular weight excluding hydrogens is 385 g/mol. The molecule has 0 bridgehead atoms. The highest BCUT2D eigenvalue weighted by Crippen LogP contribution is 2.25. The first kappa shape index (κ1) is 19.9. The molecule has 1 saturated heterocycles. The van der Waals surface area contributed by atoms with Crippen LogP contribution in [0.15, 0.2) is 59.2 Å². The normalized spacial score (nSPS) is 16.8. The van der Waals surface area contributed by atoms with Crippen LogP contribution in [-0.4, -0.2) is 51.9 Å². The number of carbonyl (C=O) groups excluding carboxylic acids is 2. The van der Waals surface area contributed by atoms with Crippen molar-refractivity contribution in [2.75, 3.05) is 19.6 Å². The zero-order valence-corrected chi connectivity index (χ0v) is 17.1. The van der Waals surface area contributed by atoms with Crippen LogP contribution < -0.4 is 0 Å². The highest BCUT2D eigenvalue weighted by atomic mass is 19.1. The van der Waals surface area contributed by atoms with Crippen LogP contribution in [0.4, 0.5) is 4.39 Å². The third-order valence-electron chi connectivity index (χ3n) is 5.43. The van der Waals surface area contributed by atoms with Gasteiger partial charge in [0.05, 0.1) is 11.8 Å². The lowest BCUT2D eigenvalue weighted by molar-refractivity contribution is 0.0406. The van der Waals surface area contributed by atoms with Gasteiger partial charge in [0, 0.05) is 37.6 Å². The van der Waals surface area contributed by atoms with E-state index in [1.54, 1.807) is 28.2 Å². The van der Waals surface area contributed by atoms with Gasteiger partial charge < -0.3 is 18.8 Å². The second-order valence-corrected chi connectivity index (χ2v) is 7.83. The van der Waals surface area contributed by atoms with Crippen LogP contribution in [0, 0.1) is 5.82 Å².